The first-order valence-electron chi connectivity index (χ1n) is 10.7. The number of anilines is 1. The van der Waals surface area contributed by atoms with Gasteiger partial charge in [0, 0.05) is 27.1 Å². The molecule has 3 aromatic carbocycles. The van der Waals surface area contributed by atoms with E-state index in [0.717, 1.165) is 9.69 Å². The number of hydrogen-bond donors (Lipinski definition) is 1. The van der Waals surface area contributed by atoms with Crippen LogP contribution in [0.25, 0.3) is 10.9 Å². The van der Waals surface area contributed by atoms with Crippen molar-refractivity contribution in [1.82, 2.24) is 10.4 Å². The lowest BCUT2D eigenvalue weighted by molar-refractivity contribution is -0.119. The Morgan fingerprint density at radius 2 is 1.73 bits per heavy atom. The smallest absolute Gasteiger partial charge is 0.264 e. The molecule has 0 aliphatic heterocycles. The maximum atomic E-state index is 13.4. The predicted molar refractivity (Wildman–Crippen MR) is 146 cm³/mol. The first kappa shape index (κ1) is 26.7. The minimum atomic E-state index is -4.13. The topological polar surface area (TPSA) is 101 Å². The van der Waals surface area contributed by atoms with Crippen LogP contribution in [0, 0.1) is 0 Å². The zero-order valence-corrected chi connectivity index (χ0v) is 22.3. The SMILES string of the molecule is COc1ccc2cc(/C=N\NC(=O)CN(c3cc(Cl)cc(Cl)c3)S(=O)(=O)c3ccccc3)c(Cl)nc2c1. The van der Waals surface area contributed by atoms with E-state index in [-0.39, 0.29) is 25.8 Å². The van der Waals surface area contributed by atoms with Gasteiger partial charge in [-0.2, -0.15) is 5.10 Å². The molecule has 1 heterocycles. The molecular weight excluding hydrogens is 559 g/mol. The number of methoxy groups -OCH3 is 1. The van der Waals surface area contributed by atoms with E-state index in [2.05, 4.69) is 15.5 Å². The fraction of sp³-hybridized carbons (Fsp3) is 0.0800. The number of aromatic nitrogens is 1. The molecule has 4 rings (SSSR count). The number of ether oxygens (including phenoxy) is 1. The number of pyridine rings is 1. The summed E-state index contributed by atoms with van der Waals surface area (Å²) in [6, 6.07) is 19.1. The molecule has 190 valence electrons. The lowest BCUT2D eigenvalue weighted by atomic mass is 10.1. The predicted octanol–water partition coefficient (Wildman–Crippen LogP) is 5.55. The van der Waals surface area contributed by atoms with Crippen molar-refractivity contribution in [1.29, 1.82) is 0 Å². The number of benzene rings is 3. The number of halogens is 3. The van der Waals surface area contributed by atoms with Gasteiger partial charge in [0.25, 0.3) is 15.9 Å². The largest absolute Gasteiger partial charge is 0.497 e. The third-order valence-corrected chi connectivity index (χ3v) is 7.68. The molecule has 1 aromatic heterocycles. The summed E-state index contributed by atoms with van der Waals surface area (Å²) in [5.41, 5.74) is 3.54. The van der Waals surface area contributed by atoms with Crippen molar-refractivity contribution >= 4 is 73.5 Å². The summed E-state index contributed by atoms with van der Waals surface area (Å²) in [5, 5.41) is 5.31. The molecule has 8 nitrogen and oxygen atoms in total. The van der Waals surface area contributed by atoms with Crippen molar-refractivity contribution in [2.45, 2.75) is 4.90 Å². The molecule has 0 bridgehead atoms. The Morgan fingerprint density at radius 3 is 2.41 bits per heavy atom. The Labute approximate surface area is 228 Å². The summed E-state index contributed by atoms with van der Waals surface area (Å²) >= 11 is 18.5. The summed E-state index contributed by atoms with van der Waals surface area (Å²) < 4.78 is 32.9. The second-order valence-corrected chi connectivity index (χ2v) is 10.8. The maximum Gasteiger partial charge on any atom is 0.264 e. The van der Waals surface area contributed by atoms with Gasteiger partial charge >= 0.3 is 0 Å². The van der Waals surface area contributed by atoms with Gasteiger partial charge in [0.1, 0.15) is 17.4 Å². The minimum absolute atomic E-state index is 0.00644. The van der Waals surface area contributed by atoms with E-state index in [0.29, 0.717) is 16.8 Å². The van der Waals surface area contributed by atoms with Gasteiger partial charge in [-0.3, -0.25) is 9.10 Å². The number of carbonyl (C=O) groups excluding carboxylic acids is 1. The second kappa shape index (κ2) is 11.4. The number of fused-ring (bicyclic) bond motifs is 1. The molecule has 12 heteroatoms. The zero-order valence-electron chi connectivity index (χ0n) is 19.2. The summed E-state index contributed by atoms with van der Waals surface area (Å²) in [4.78, 5) is 17.1. The van der Waals surface area contributed by atoms with E-state index in [9.17, 15) is 13.2 Å². The van der Waals surface area contributed by atoms with E-state index in [1.165, 1.54) is 36.5 Å². The summed E-state index contributed by atoms with van der Waals surface area (Å²) in [7, 11) is -2.58. The van der Waals surface area contributed by atoms with Gasteiger partial charge in [0.05, 0.1) is 29.4 Å². The number of amides is 1. The van der Waals surface area contributed by atoms with Crippen molar-refractivity contribution < 1.29 is 17.9 Å². The molecule has 1 N–H and O–H groups in total. The normalized spacial score (nSPS) is 11.6. The van der Waals surface area contributed by atoms with Gasteiger partial charge in [-0.15, -0.1) is 0 Å². The van der Waals surface area contributed by atoms with Crippen LogP contribution in [-0.2, 0) is 14.8 Å². The Bertz CT molecular complexity index is 1580. The van der Waals surface area contributed by atoms with E-state index in [1.807, 2.05) is 6.07 Å². The number of nitrogens with zero attached hydrogens (tertiary/aromatic N) is 3. The van der Waals surface area contributed by atoms with Crippen LogP contribution >= 0.6 is 34.8 Å². The molecule has 0 unspecified atom stereocenters. The Hall–Kier alpha value is -3.37. The van der Waals surface area contributed by atoms with Crippen molar-refractivity contribution in [3.8, 4) is 5.75 Å². The Kier molecular flexibility index (Phi) is 8.19. The van der Waals surface area contributed by atoms with E-state index in [1.54, 1.807) is 43.5 Å². The monoisotopic (exact) mass is 576 g/mol. The Balaban J connectivity index is 1.57. The summed E-state index contributed by atoms with van der Waals surface area (Å²) in [5.74, 6) is -0.0674. The van der Waals surface area contributed by atoms with Gasteiger partial charge < -0.3 is 4.74 Å². The van der Waals surface area contributed by atoms with Gasteiger partial charge in [-0.25, -0.2) is 18.8 Å². The summed E-state index contributed by atoms with van der Waals surface area (Å²) in [6.07, 6.45) is 1.32. The highest BCUT2D eigenvalue weighted by atomic mass is 35.5. The molecule has 0 fully saturated rings. The second-order valence-electron chi connectivity index (χ2n) is 7.67. The van der Waals surface area contributed by atoms with Crippen molar-refractivity contribution in [2.75, 3.05) is 18.0 Å². The molecule has 0 saturated carbocycles. The van der Waals surface area contributed by atoms with Crippen molar-refractivity contribution in [3.05, 3.63) is 93.6 Å². The Morgan fingerprint density at radius 1 is 1.03 bits per heavy atom. The van der Waals surface area contributed by atoms with Gasteiger partial charge in [-0.1, -0.05) is 53.0 Å². The van der Waals surface area contributed by atoms with Crippen LogP contribution < -0.4 is 14.5 Å². The zero-order chi connectivity index (χ0) is 26.6. The number of rotatable bonds is 8. The van der Waals surface area contributed by atoms with Crippen molar-refractivity contribution in [3.63, 3.8) is 0 Å². The first-order chi connectivity index (χ1) is 17.7. The fourth-order valence-corrected chi connectivity index (χ4v) is 5.55. The van der Waals surface area contributed by atoms with Crippen LogP contribution in [-0.4, -0.2) is 39.2 Å². The van der Waals surface area contributed by atoms with Gasteiger partial charge in [-0.05, 0) is 48.5 Å². The van der Waals surface area contributed by atoms with Gasteiger partial charge in [0.2, 0.25) is 0 Å². The average Bonchev–Trinajstić information content (AvgIpc) is 2.87. The number of hydrazone groups is 1. The van der Waals surface area contributed by atoms with Crippen LogP contribution in [0.15, 0.2) is 82.8 Å². The average molecular weight is 578 g/mol. The number of carbonyl (C=O) groups is 1. The quantitative estimate of drug-likeness (QED) is 0.168. The standard InChI is InChI=1S/C25H19Cl3N4O4S/c1-36-21-8-7-16-9-17(25(28)30-23(16)13-21)14-29-31-24(33)15-32(20-11-18(26)10-19(27)12-20)37(34,35)22-5-3-2-4-6-22/h2-14H,15H2,1H3,(H,31,33)/b29-14-. The molecule has 1 amide bonds. The van der Waals surface area contributed by atoms with Crippen LogP contribution in [0.1, 0.15) is 5.56 Å². The fourth-order valence-electron chi connectivity index (χ4n) is 3.41. The first-order valence-corrected chi connectivity index (χ1v) is 13.2. The molecule has 0 aliphatic carbocycles. The van der Waals surface area contributed by atoms with Crippen LogP contribution in [0.5, 0.6) is 5.75 Å². The number of nitrogens with one attached hydrogen (secondary N) is 1. The molecule has 0 spiro atoms. The third kappa shape index (κ3) is 6.31. The summed E-state index contributed by atoms with van der Waals surface area (Å²) in [6.45, 7) is -0.589. The van der Waals surface area contributed by atoms with Crippen LogP contribution in [0.2, 0.25) is 15.2 Å². The number of hydrogen-bond acceptors (Lipinski definition) is 6. The molecule has 0 aliphatic rings. The molecular formula is C25H19Cl3N4O4S. The molecule has 0 radical (unpaired) electrons. The van der Waals surface area contributed by atoms with E-state index < -0.39 is 22.5 Å². The van der Waals surface area contributed by atoms with E-state index >= 15 is 0 Å². The molecule has 4 aromatic rings. The van der Waals surface area contributed by atoms with E-state index in [4.69, 9.17) is 39.5 Å². The number of sulfonamides is 1. The highest BCUT2D eigenvalue weighted by molar-refractivity contribution is 7.92. The van der Waals surface area contributed by atoms with Gasteiger partial charge in [0.15, 0.2) is 0 Å². The van der Waals surface area contributed by atoms with Crippen LogP contribution in [0.3, 0.4) is 0 Å². The van der Waals surface area contributed by atoms with Crippen molar-refractivity contribution in [2.24, 2.45) is 5.10 Å². The molecule has 0 saturated heterocycles. The maximum absolute atomic E-state index is 13.4. The third-order valence-electron chi connectivity index (χ3n) is 5.15. The lowest BCUT2D eigenvalue weighted by Crippen LogP contribution is -2.39. The highest BCUT2D eigenvalue weighted by Crippen LogP contribution is 2.29. The molecule has 37 heavy (non-hydrogen) atoms. The minimum Gasteiger partial charge on any atom is -0.497 e. The van der Waals surface area contributed by atoms with Crippen LogP contribution in [0.4, 0.5) is 5.69 Å². The highest BCUT2D eigenvalue weighted by Gasteiger charge is 2.27. The lowest BCUT2D eigenvalue weighted by Gasteiger charge is -2.24. The molecule has 0 atom stereocenters.